The van der Waals surface area contributed by atoms with Crippen molar-refractivity contribution in [2.75, 3.05) is 12.3 Å². The molecule has 0 bridgehead atoms. The summed E-state index contributed by atoms with van der Waals surface area (Å²) in [5.41, 5.74) is 6.03. The molecule has 0 fully saturated rings. The van der Waals surface area contributed by atoms with E-state index in [-0.39, 0.29) is 11.4 Å². The molecule has 0 aliphatic rings. The summed E-state index contributed by atoms with van der Waals surface area (Å²) in [6, 6.07) is 4.25. The molecule has 0 atom stereocenters. The van der Waals surface area contributed by atoms with Gasteiger partial charge in [-0.1, -0.05) is 6.07 Å². The number of ether oxygens (including phenoxy) is 1. The van der Waals surface area contributed by atoms with Gasteiger partial charge < -0.3 is 10.5 Å². The molecule has 0 aliphatic carbocycles. The van der Waals surface area contributed by atoms with E-state index in [9.17, 15) is 22.0 Å². The van der Waals surface area contributed by atoms with E-state index >= 15 is 0 Å². The van der Waals surface area contributed by atoms with Crippen molar-refractivity contribution in [2.24, 2.45) is 0 Å². The lowest BCUT2D eigenvalue weighted by atomic mass is 10.2. The van der Waals surface area contributed by atoms with Gasteiger partial charge in [0.1, 0.15) is 5.75 Å². The van der Waals surface area contributed by atoms with Crippen LogP contribution in [0.2, 0.25) is 0 Å². The molecule has 1 aromatic carbocycles. The lowest BCUT2D eigenvalue weighted by molar-refractivity contribution is -0.289. The van der Waals surface area contributed by atoms with Gasteiger partial charge in [-0.3, -0.25) is 0 Å². The van der Waals surface area contributed by atoms with Crippen LogP contribution in [-0.2, 0) is 0 Å². The van der Waals surface area contributed by atoms with E-state index in [1.807, 2.05) is 0 Å². The summed E-state index contributed by atoms with van der Waals surface area (Å²) >= 11 is 0. The smallest absolute Gasteiger partial charge is 0.456 e. The monoisotopic (exact) mass is 255 g/mol. The Bertz CT molecular complexity index is 402. The van der Waals surface area contributed by atoms with Gasteiger partial charge in [-0.25, -0.2) is 0 Å². The Labute approximate surface area is 94.2 Å². The van der Waals surface area contributed by atoms with Crippen molar-refractivity contribution in [2.45, 2.75) is 19.0 Å². The fraction of sp³-hybridized carbons (Fsp3) is 0.400. The van der Waals surface area contributed by atoms with Gasteiger partial charge >= 0.3 is 12.1 Å². The number of benzene rings is 1. The first kappa shape index (κ1) is 13.5. The molecular weight excluding hydrogens is 245 g/mol. The first-order valence-electron chi connectivity index (χ1n) is 4.57. The molecule has 0 heterocycles. The zero-order chi connectivity index (χ0) is 13.3. The van der Waals surface area contributed by atoms with Crippen molar-refractivity contribution in [1.82, 2.24) is 0 Å². The number of aryl methyl sites for hydroxylation is 1. The summed E-state index contributed by atoms with van der Waals surface area (Å²) in [5.74, 6) is -5.09. The Morgan fingerprint density at radius 1 is 1.18 bits per heavy atom. The van der Waals surface area contributed by atoms with Gasteiger partial charge in [-0.15, -0.1) is 0 Å². The largest absolute Gasteiger partial charge is 0.485 e. The second kappa shape index (κ2) is 4.38. The highest BCUT2D eigenvalue weighted by Gasteiger charge is 2.58. The number of hydrogen-bond donors (Lipinski definition) is 1. The third-order valence-electron chi connectivity index (χ3n) is 1.99. The van der Waals surface area contributed by atoms with Gasteiger partial charge in [0.15, 0.2) is 6.61 Å². The molecule has 1 aromatic rings. The summed E-state index contributed by atoms with van der Waals surface area (Å²) in [7, 11) is 0. The predicted molar refractivity (Wildman–Crippen MR) is 52.1 cm³/mol. The quantitative estimate of drug-likeness (QED) is 0.665. The number of rotatable bonds is 3. The molecule has 96 valence electrons. The first-order chi connectivity index (χ1) is 7.63. The molecule has 0 amide bonds. The van der Waals surface area contributed by atoms with E-state index in [0.717, 1.165) is 0 Å². The molecule has 0 radical (unpaired) electrons. The van der Waals surface area contributed by atoms with E-state index in [0.29, 0.717) is 5.56 Å². The number of alkyl halides is 5. The molecule has 0 aromatic heterocycles. The highest BCUT2D eigenvalue weighted by atomic mass is 19.4. The fourth-order valence-corrected chi connectivity index (χ4v) is 1.02. The van der Waals surface area contributed by atoms with E-state index in [4.69, 9.17) is 5.73 Å². The van der Waals surface area contributed by atoms with Gasteiger partial charge in [0.25, 0.3) is 0 Å². The highest BCUT2D eigenvalue weighted by Crippen LogP contribution is 2.36. The van der Waals surface area contributed by atoms with Crippen LogP contribution in [-0.4, -0.2) is 18.7 Å². The number of hydrogen-bond acceptors (Lipinski definition) is 2. The maximum atomic E-state index is 12.6. The summed E-state index contributed by atoms with van der Waals surface area (Å²) < 4.78 is 65.1. The Hall–Kier alpha value is -1.53. The van der Waals surface area contributed by atoms with Crippen LogP contribution in [0.4, 0.5) is 27.6 Å². The minimum atomic E-state index is -5.63. The molecule has 0 spiro atoms. The molecule has 0 unspecified atom stereocenters. The average molecular weight is 255 g/mol. The van der Waals surface area contributed by atoms with Crippen LogP contribution in [0.1, 0.15) is 5.56 Å². The molecule has 2 N–H and O–H groups in total. The van der Waals surface area contributed by atoms with Gasteiger partial charge in [-0.2, -0.15) is 22.0 Å². The van der Waals surface area contributed by atoms with Crippen LogP contribution in [0, 0.1) is 6.92 Å². The molecule has 17 heavy (non-hydrogen) atoms. The van der Waals surface area contributed by atoms with Gasteiger partial charge in [-0.05, 0) is 24.6 Å². The second-order valence-corrected chi connectivity index (χ2v) is 3.53. The molecule has 0 saturated carbocycles. The predicted octanol–water partition coefficient (Wildman–Crippen LogP) is 3.15. The van der Waals surface area contributed by atoms with E-state index in [1.54, 1.807) is 13.0 Å². The lowest BCUT2D eigenvalue weighted by Gasteiger charge is -2.20. The number of nitrogen functional groups attached to an aromatic ring is 1. The van der Waals surface area contributed by atoms with Crippen LogP contribution in [0.15, 0.2) is 18.2 Å². The minimum absolute atomic E-state index is 0.00794. The molecule has 7 heteroatoms. The maximum absolute atomic E-state index is 12.6. The summed E-state index contributed by atoms with van der Waals surface area (Å²) in [4.78, 5) is 0. The van der Waals surface area contributed by atoms with Crippen molar-refractivity contribution in [3.05, 3.63) is 23.8 Å². The summed E-state index contributed by atoms with van der Waals surface area (Å²) in [6.07, 6.45) is -5.63. The number of nitrogens with two attached hydrogens (primary N) is 1. The third kappa shape index (κ3) is 3.21. The Morgan fingerprint density at radius 3 is 2.29 bits per heavy atom. The minimum Gasteiger partial charge on any atom is -0.485 e. The van der Waals surface area contributed by atoms with Crippen molar-refractivity contribution in [3.8, 4) is 5.75 Å². The van der Waals surface area contributed by atoms with E-state index in [1.165, 1.54) is 12.1 Å². The lowest BCUT2D eigenvalue weighted by Crippen LogP contribution is -2.41. The Kier molecular flexibility index (Phi) is 3.49. The van der Waals surface area contributed by atoms with Crippen molar-refractivity contribution in [1.29, 1.82) is 0 Å². The summed E-state index contributed by atoms with van der Waals surface area (Å²) in [6.45, 7) is -0.154. The first-order valence-corrected chi connectivity index (χ1v) is 4.57. The highest BCUT2D eigenvalue weighted by molar-refractivity contribution is 5.53. The van der Waals surface area contributed by atoms with Gasteiger partial charge in [0.2, 0.25) is 0 Å². The Morgan fingerprint density at radius 2 is 1.76 bits per heavy atom. The summed E-state index contributed by atoms with van der Waals surface area (Å²) in [5, 5.41) is 0. The number of anilines is 1. The van der Waals surface area contributed by atoms with Crippen LogP contribution in [0.5, 0.6) is 5.75 Å². The average Bonchev–Trinajstić information content (AvgIpc) is 2.18. The SMILES string of the molecule is Cc1ccc(N)c(OCC(F)(F)C(F)(F)F)c1. The van der Waals surface area contributed by atoms with Crippen molar-refractivity contribution < 1.29 is 26.7 Å². The molecule has 0 saturated heterocycles. The van der Waals surface area contributed by atoms with Crippen molar-refractivity contribution >= 4 is 5.69 Å². The van der Waals surface area contributed by atoms with Crippen molar-refractivity contribution in [3.63, 3.8) is 0 Å². The molecule has 2 nitrogen and oxygen atoms in total. The third-order valence-corrected chi connectivity index (χ3v) is 1.99. The maximum Gasteiger partial charge on any atom is 0.456 e. The topological polar surface area (TPSA) is 35.2 Å². The molecule has 1 rings (SSSR count). The zero-order valence-electron chi connectivity index (χ0n) is 8.81. The van der Waals surface area contributed by atoms with Crippen LogP contribution < -0.4 is 10.5 Å². The second-order valence-electron chi connectivity index (χ2n) is 3.53. The molecule has 0 aliphatic heterocycles. The van der Waals surface area contributed by atoms with E-state index in [2.05, 4.69) is 4.74 Å². The molecular formula is C10H10F5NO. The fourth-order valence-electron chi connectivity index (χ4n) is 1.02. The van der Waals surface area contributed by atoms with Crippen LogP contribution >= 0.6 is 0 Å². The number of halogens is 5. The van der Waals surface area contributed by atoms with E-state index < -0.39 is 18.7 Å². The normalized spacial score (nSPS) is 12.6. The van der Waals surface area contributed by atoms with Gasteiger partial charge in [0, 0.05) is 0 Å². The zero-order valence-corrected chi connectivity index (χ0v) is 8.81. The Balaban J connectivity index is 2.77. The standard InChI is InChI=1S/C10H10F5NO/c1-6-2-3-7(16)8(4-6)17-5-9(11,12)10(13,14)15/h2-4H,5,16H2,1H3. The van der Waals surface area contributed by atoms with Gasteiger partial charge in [0.05, 0.1) is 5.69 Å². The van der Waals surface area contributed by atoms with Crippen LogP contribution in [0.3, 0.4) is 0 Å². The van der Waals surface area contributed by atoms with Crippen LogP contribution in [0.25, 0.3) is 0 Å².